The zero-order chi connectivity index (χ0) is 33.9. The van der Waals surface area contributed by atoms with Crippen molar-refractivity contribution < 1.29 is 4.42 Å². The third-order valence-corrected chi connectivity index (χ3v) is 11.8. The minimum absolute atomic E-state index is 0.654. The number of aromatic nitrogens is 3. The van der Waals surface area contributed by atoms with Crippen LogP contribution in [0.25, 0.3) is 120 Å². The van der Waals surface area contributed by atoms with E-state index in [9.17, 15) is 0 Å². The van der Waals surface area contributed by atoms with E-state index in [2.05, 4.69) is 91.0 Å². The summed E-state index contributed by atoms with van der Waals surface area (Å²) in [5.74, 6) is 1.96. The predicted octanol–water partition coefficient (Wildman–Crippen LogP) is 13.1. The maximum atomic E-state index is 6.51. The van der Waals surface area contributed by atoms with Crippen LogP contribution in [0.15, 0.2) is 156 Å². The zero-order valence-electron chi connectivity index (χ0n) is 27.6. The molecule has 12 rings (SSSR count). The smallest absolute Gasteiger partial charge is 0.164 e. The van der Waals surface area contributed by atoms with E-state index in [1.807, 2.05) is 72.0 Å². The molecule has 52 heavy (non-hydrogen) atoms. The second-order valence-corrected chi connectivity index (χ2v) is 14.6. The van der Waals surface area contributed by atoms with Crippen molar-refractivity contribution >= 4 is 75.0 Å². The quantitative estimate of drug-likeness (QED) is 0.186. The monoisotopic (exact) mass is 679 g/mol. The summed E-state index contributed by atoms with van der Waals surface area (Å²) >= 11 is 1.88. The average Bonchev–Trinajstić information content (AvgIpc) is 3.75. The van der Waals surface area contributed by atoms with Gasteiger partial charge in [0.25, 0.3) is 0 Å². The Balaban J connectivity index is 1.10. The third-order valence-electron chi connectivity index (χ3n) is 10.6. The molecule has 0 bridgehead atoms. The SMILES string of the molecule is c1ccc(-c2nc(-c3ccccc3)nc(-c3cccc4cc(-c5ccc6sc7ccc8ccc9oc%10cccc%11c%10c9c8c7c6c5-%11)ccc34)n2)cc1. The molecular formula is C47H25N3OS. The van der Waals surface area contributed by atoms with Gasteiger partial charge in [-0.3, -0.25) is 0 Å². The second-order valence-electron chi connectivity index (χ2n) is 13.5. The van der Waals surface area contributed by atoms with Crippen molar-refractivity contribution in [1.82, 2.24) is 15.0 Å². The molecule has 3 aromatic heterocycles. The standard InChI is InChI=1S/C47H25N3OS/c1-3-9-27(10-4-1)45-48-46(28-11-5-2-6-12-28)50-47(49-45)33-14-7-13-29-25-30(17-20-31(29)33)32-21-24-38-44-40(32)34-15-8-16-35-41(34)42-36(51-35)22-18-26-19-23-37(52-38)43(44)39(26)42/h1-25H. The highest BCUT2D eigenvalue weighted by Gasteiger charge is 2.26. The van der Waals surface area contributed by atoms with Gasteiger partial charge in [-0.1, -0.05) is 121 Å². The third kappa shape index (κ3) is 3.88. The molecule has 11 aromatic rings. The Labute approximate surface area is 301 Å². The lowest BCUT2D eigenvalue weighted by Gasteiger charge is -2.15. The van der Waals surface area contributed by atoms with Gasteiger partial charge in [-0.2, -0.15) is 0 Å². The molecule has 0 aliphatic heterocycles. The summed E-state index contributed by atoms with van der Waals surface area (Å²) in [5.41, 5.74) is 9.63. The molecule has 0 saturated carbocycles. The minimum Gasteiger partial charge on any atom is -0.456 e. The van der Waals surface area contributed by atoms with E-state index in [1.165, 1.54) is 64.0 Å². The molecule has 0 atom stereocenters. The first-order valence-corrected chi connectivity index (χ1v) is 18.3. The maximum Gasteiger partial charge on any atom is 0.164 e. The van der Waals surface area contributed by atoms with Crippen molar-refractivity contribution in [2.45, 2.75) is 0 Å². The van der Waals surface area contributed by atoms with Crippen LogP contribution in [0.5, 0.6) is 0 Å². The van der Waals surface area contributed by atoms with E-state index in [1.54, 1.807) is 0 Å². The van der Waals surface area contributed by atoms with Crippen molar-refractivity contribution in [2.24, 2.45) is 0 Å². The van der Waals surface area contributed by atoms with Gasteiger partial charge in [0.05, 0.1) is 0 Å². The normalized spacial score (nSPS) is 12.2. The molecule has 0 spiro atoms. The number of nitrogens with zero attached hydrogens (tertiary/aromatic N) is 3. The van der Waals surface area contributed by atoms with Gasteiger partial charge in [-0.25, -0.2) is 15.0 Å². The Bertz CT molecular complexity index is 3230. The number of benzene rings is 8. The van der Waals surface area contributed by atoms with Gasteiger partial charge in [0.15, 0.2) is 17.5 Å². The van der Waals surface area contributed by atoms with Gasteiger partial charge in [-0.05, 0) is 68.7 Å². The van der Waals surface area contributed by atoms with E-state index in [0.29, 0.717) is 17.5 Å². The molecule has 0 saturated heterocycles. The molecule has 0 amide bonds. The highest BCUT2D eigenvalue weighted by Crippen LogP contribution is 2.54. The first-order valence-electron chi connectivity index (χ1n) is 17.4. The molecule has 4 nitrogen and oxygen atoms in total. The van der Waals surface area contributed by atoms with Crippen LogP contribution in [-0.4, -0.2) is 15.0 Å². The van der Waals surface area contributed by atoms with Crippen LogP contribution < -0.4 is 0 Å². The molecule has 0 radical (unpaired) electrons. The Morgan fingerprint density at radius 1 is 0.385 bits per heavy atom. The van der Waals surface area contributed by atoms with Crippen molar-refractivity contribution in [3.8, 4) is 56.4 Å². The number of hydrogen-bond donors (Lipinski definition) is 0. The molecule has 8 aromatic carbocycles. The van der Waals surface area contributed by atoms with Crippen LogP contribution in [0.2, 0.25) is 0 Å². The molecule has 5 heteroatoms. The first-order chi connectivity index (χ1) is 25.8. The largest absolute Gasteiger partial charge is 0.456 e. The van der Waals surface area contributed by atoms with Crippen LogP contribution in [0.4, 0.5) is 0 Å². The van der Waals surface area contributed by atoms with Gasteiger partial charge >= 0.3 is 0 Å². The van der Waals surface area contributed by atoms with Crippen LogP contribution in [0.1, 0.15) is 0 Å². The van der Waals surface area contributed by atoms with Crippen molar-refractivity contribution in [3.05, 3.63) is 152 Å². The van der Waals surface area contributed by atoms with Crippen molar-refractivity contribution in [2.75, 3.05) is 0 Å². The van der Waals surface area contributed by atoms with Crippen LogP contribution in [0.3, 0.4) is 0 Å². The summed E-state index contributed by atoms with van der Waals surface area (Å²) in [6.07, 6.45) is 0. The molecular weight excluding hydrogens is 655 g/mol. The van der Waals surface area contributed by atoms with Gasteiger partial charge in [0, 0.05) is 53.0 Å². The lowest BCUT2D eigenvalue weighted by Crippen LogP contribution is -2.00. The Hall–Kier alpha value is -6.69. The Kier molecular flexibility index (Phi) is 5.62. The van der Waals surface area contributed by atoms with E-state index in [4.69, 9.17) is 19.4 Å². The molecule has 240 valence electrons. The lowest BCUT2D eigenvalue weighted by atomic mass is 9.89. The summed E-state index contributed by atoms with van der Waals surface area (Å²) < 4.78 is 9.12. The molecule has 0 N–H and O–H groups in total. The lowest BCUT2D eigenvalue weighted by molar-refractivity contribution is 0.669. The van der Waals surface area contributed by atoms with E-state index >= 15 is 0 Å². The maximum absolute atomic E-state index is 6.51. The number of fused-ring (bicyclic) bond motifs is 2. The van der Waals surface area contributed by atoms with E-state index < -0.39 is 0 Å². The summed E-state index contributed by atoms with van der Waals surface area (Å²) in [6, 6.07) is 53.5. The summed E-state index contributed by atoms with van der Waals surface area (Å²) in [5, 5.41) is 9.86. The van der Waals surface area contributed by atoms with Crippen LogP contribution in [-0.2, 0) is 0 Å². The second kappa shape index (κ2) is 10.4. The number of furan rings is 1. The first kappa shape index (κ1) is 28.1. The van der Waals surface area contributed by atoms with E-state index in [0.717, 1.165) is 38.6 Å². The topological polar surface area (TPSA) is 51.8 Å². The minimum atomic E-state index is 0.654. The van der Waals surface area contributed by atoms with Gasteiger partial charge in [0.1, 0.15) is 11.2 Å². The summed E-state index contributed by atoms with van der Waals surface area (Å²) in [6.45, 7) is 0. The number of hydrogen-bond acceptors (Lipinski definition) is 5. The predicted molar refractivity (Wildman–Crippen MR) is 216 cm³/mol. The zero-order valence-corrected chi connectivity index (χ0v) is 28.4. The summed E-state index contributed by atoms with van der Waals surface area (Å²) in [7, 11) is 0. The van der Waals surface area contributed by atoms with Crippen molar-refractivity contribution in [3.63, 3.8) is 0 Å². The Morgan fingerprint density at radius 3 is 1.87 bits per heavy atom. The van der Waals surface area contributed by atoms with Gasteiger partial charge < -0.3 is 4.42 Å². The fraction of sp³-hybridized carbons (Fsp3) is 0. The Morgan fingerprint density at radius 2 is 1.06 bits per heavy atom. The molecule has 3 heterocycles. The fourth-order valence-corrected chi connectivity index (χ4v) is 9.50. The molecule has 1 aliphatic rings. The van der Waals surface area contributed by atoms with Gasteiger partial charge in [-0.15, -0.1) is 11.3 Å². The van der Waals surface area contributed by atoms with Crippen LogP contribution in [0, 0.1) is 0 Å². The number of rotatable bonds is 4. The molecule has 0 fully saturated rings. The van der Waals surface area contributed by atoms with Gasteiger partial charge in [0.2, 0.25) is 0 Å². The molecule has 0 unspecified atom stereocenters. The average molecular weight is 680 g/mol. The number of thiophene rings is 1. The molecule has 1 aliphatic carbocycles. The van der Waals surface area contributed by atoms with E-state index in [-0.39, 0.29) is 0 Å². The highest BCUT2D eigenvalue weighted by molar-refractivity contribution is 7.26. The van der Waals surface area contributed by atoms with Crippen LogP contribution >= 0.6 is 11.3 Å². The van der Waals surface area contributed by atoms with Crippen molar-refractivity contribution in [1.29, 1.82) is 0 Å². The fourth-order valence-electron chi connectivity index (χ4n) is 8.38. The highest BCUT2D eigenvalue weighted by atomic mass is 32.1. The summed E-state index contributed by atoms with van der Waals surface area (Å²) in [4.78, 5) is 15.0.